The summed E-state index contributed by atoms with van der Waals surface area (Å²) in [5, 5.41) is 2.49. The number of hydrogen-bond donors (Lipinski definition) is 0. The predicted octanol–water partition coefficient (Wildman–Crippen LogP) is 4.29. The second-order valence-electron chi connectivity index (χ2n) is 5.71. The molecule has 0 atom stereocenters. The van der Waals surface area contributed by atoms with E-state index in [0.717, 1.165) is 5.56 Å². The van der Waals surface area contributed by atoms with Crippen molar-refractivity contribution in [3.63, 3.8) is 0 Å². The largest absolute Gasteiger partial charge is 0.341 e. The molecule has 0 fully saturated rings. The molecule has 0 N–H and O–H groups in total. The van der Waals surface area contributed by atoms with Crippen molar-refractivity contribution >= 4 is 17.2 Å². The van der Waals surface area contributed by atoms with Crippen LogP contribution in [0.4, 0.5) is 8.78 Å². The fourth-order valence-corrected chi connectivity index (χ4v) is 3.20. The Hall–Kier alpha value is -2.60. The molecule has 128 valence electrons. The van der Waals surface area contributed by atoms with Gasteiger partial charge >= 0.3 is 0 Å². The molecule has 6 heteroatoms. The summed E-state index contributed by atoms with van der Waals surface area (Å²) in [6.07, 6.45) is 0.170. The number of benzene rings is 2. The Bertz CT molecular complexity index is 877. The van der Waals surface area contributed by atoms with Crippen LogP contribution in [0.5, 0.6) is 0 Å². The minimum atomic E-state index is -0.315. The number of hydrogen-bond acceptors (Lipinski definition) is 3. The number of likely N-dealkylation sites (N-methyl/N-ethyl adjacent to an activating group) is 1. The third-order valence-electron chi connectivity index (χ3n) is 3.71. The Morgan fingerprint density at radius 1 is 1.12 bits per heavy atom. The van der Waals surface area contributed by atoms with E-state index in [0.29, 0.717) is 22.8 Å². The zero-order valence-electron chi connectivity index (χ0n) is 13.6. The molecule has 0 saturated heterocycles. The molecule has 0 aliphatic carbocycles. The van der Waals surface area contributed by atoms with Gasteiger partial charge in [-0.05, 0) is 29.8 Å². The summed E-state index contributed by atoms with van der Waals surface area (Å²) < 4.78 is 26.2. The standard InChI is InChI=1S/C19H16F2N2OS/c1-23(11-13-5-7-15(20)8-6-13)18(24)10-17-12-25-19(22-17)14-3-2-4-16(21)9-14/h2-9,12H,10-11H2,1H3. The number of carbonyl (C=O) groups is 1. The van der Waals surface area contributed by atoms with Crippen LogP contribution in [0.1, 0.15) is 11.3 Å². The van der Waals surface area contributed by atoms with Gasteiger partial charge in [-0.15, -0.1) is 11.3 Å². The predicted molar refractivity (Wildman–Crippen MR) is 94.1 cm³/mol. The first-order valence-electron chi connectivity index (χ1n) is 7.70. The van der Waals surface area contributed by atoms with Gasteiger partial charge in [0.05, 0.1) is 12.1 Å². The van der Waals surface area contributed by atoms with Crippen LogP contribution >= 0.6 is 11.3 Å². The van der Waals surface area contributed by atoms with E-state index >= 15 is 0 Å². The van der Waals surface area contributed by atoms with Crippen LogP contribution in [0, 0.1) is 11.6 Å². The molecule has 0 unspecified atom stereocenters. The third kappa shape index (κ3) is 4.48. The van der Waals surface area contributed by atoms with Gasteiger partial charge < -0.3 is 4.90 Å². The van der Waals surface area contributed by atoms with E-state index in [1.165, 1.54) is 35.6 Å². The fraction of sp³-hybridized carbons (Fsp3) is 0.158. The van der Waals surface area contributed by atoms with Gasteiger partial charge in [0.2, 0.25) is 5.91 Å². The molecule has 3 nitrogen and oxygen atoms in total. The summed E-state index contributed by atoms with van der Waals surface area (Å²) >= 11 is 1.38. The second-order valence-corrected chi connectivity index (χ2v) is 6.57. The number of rotatable bonds is 5. The third-order valence-corrected chi connectivity index (χ3v) is 4.65. The highest BCUT2D eigenvalue weighted by atomic mass is 32.1. The van der Waals surface area contributed by atoms with E-state index in [-0.39, 0.29) is 24.0 Å². The molecule has 0 aliphatic rings. The molecule has 25 heavy (non-hydrogen) atoms. The molecule has 1 heterocycles. The summed E-state index contributed by atoms with van der Waals surface area (Å²) in [6, 6.07) is 12.3. The van der Waals surface area contributed by atoms with E-state index in [2.05, 4.69) is 4.98 Å². The molecule has 2 aromatic carbocycles. The summed E-state index contributed by atoms with van der Waals surface area (Å²) in [5.41, 5.74) is 2.21. The smallest absolute Gasteiger partial charge is 0.228 e. The van der Waals surface area contributed by atoms with Crippen molar-refractivity contribution in [1.82, 2.24) is 9.88 Å². The molecule has 1 aromatic heterocycles. The van der Waals surface area contributed by atoms with Crippen molar-refractivity contribution in [2.45, 2.75) is 13.0 Å². The minimum absolute atomic E-state index is 0.0829. The van der Waals surface area contributed by atoms with Crippen LogP contribution in [-0.2, 0) is 17.8 Å². The van der Waals surface area contributed by atoms with E-state index < -0.39 is 0 Å². The summed E-state index contributed by atoms with van der Waals surface area (Å²) in [4.78, 5) is 18.3. The average Bonchev–Trinajstić information content (AvgIpc) is 3.05. The van der Waals surface area contributed by atoms with E-state index in [9.17, 15) is 13.6 Å². The molecule has 0 aliphatic heterocycles. The molecule has 0 spiro atoms. The highest BCUT2D eigenvalue weighted by Crippen LogP contribution is 2.24. The Morgan fingerprint density at radius 3 is 2.60 bits per heavy atom. The van der Waals surface area contributed by atoms with E-state index in [1.807, 2.05) is 5.38 Å². The van der Waals surface area contributed by atoms with E-state index in [4.69, 9.17) is 0 Å². The fourth-order valence-electron chi connectivity index (χ4n) is 2.38. The van der Waals surface area contributed by atoms with Gasteiger partial charge in [-0.3, -0.25) is 4.79 Å². The molecule has 1 amide bonds. The lowest BCUT2D eigenvalue weighted by Gasteiger charge is -2.16. The second kappa shape index (κ2) is 7.53. The first-order chi connectivity index (χ1) is 12.0. The van der Waals surface area contributed by atoms with E-state index in [1.54, 1.807) is 36.2 Å². The van der Waals surface area contributed by atoms with Gasteiger partial charge in [0, 0.05) is 24.5 Å². The van der Waals surface area contributed by atoms with Crippen LogP contribution in [0.3, 0.4) is 0 Å². The Labute approximate surface area is 148 Å². The summed E-state index contributed by atoms with van der Waals surface area (Å²) in [5.74, 6) is -0.699. The van der Waals surface area contributed by atoms with Crippen LogP contribution < -0.4 is 0 Å². The topological polar surface area (TPSA) is 33.2 Å². The number of nitrogens with zero attached hydrogens (tertiary/aromatic N) is 2. The lowest BCUT2D eigenvalue weighted by molar-refractivity contribution is -0.129. The normalized spacial score (nSPS) is 10.7. The number of amides is 1. The van der Waals surface area contributed by atoms with Gasteiger partial charge in [-0.1, -0.05) is 24.3 Å². The first-order valence-corrected chi connectivity index (χ1v) is 8.58. The maximum atomic E-state index is 13.3. The van der Waals surface area contributed by atoms with Crippen molar-refractivity contribution in [3.05, 3.63) is 76.8 Å². The Kier molecular flexibility index (Phi) is 5.19. The van der Waals surface area contributed by atoms with Crippen molar-refractivity contribution in [3.8, 4) is 10.6 Å². The SMILES string of the molecule is CN(Cc1ccc(F)cc1)C(=O)Cc1csc(-c2cccc(F)c2)n1. The van der Waals surface area contributed by atoms with Gasteiger partial charge in [-0.2, -0.15) is 0 Å². The van der Waals surface area contributed by atoms with Crippen LogP contribution in [-0.4, -0.2) is 22.8 Å². The minimum Gasteiger partial charge on any atom is -0.341 e. The number of aromatic nitrogens is 1. The number of carbonyl (C=O) groups excluding carboxylic acids is 1. The molecule has 3 aromatic rings. The van der Waals surface area contributed by atoms with Crippen molar-refractivity contribution < 1.29 is 13.6 Å². The molecule has 0 bridgehead atoms. The Morgan fingerprint density at radius 2 is 1.88 bits per heavy atom. The molecule has 3 rings (SSSR count). The average molecular weight is 358 g/mol. The first kappa shape index (κ1) is 17.2. The highest BCUT2D eigenvalue weighted by molar-refractivity contribution is 7.13. The van der Waals surface area contributed by atoms with Gasteiger partial charge in [0.25, 0.3) is 0 Å². The van der Waals surface area contributed by atoms with Crippen molar-refractivity contribution in [1.29, 1.82) is 0 Å². The zero-order chi connectivity index (χ0) is 17.8. The molecule has 0 saturated carbocycles. The molecular weight excluding hydrogens is 342 g/mol. The van der Waals surface area contributed by atoms with Crippen LogP contribution in [0.25, 0.3) is 10.6 Å². The van der Waals surface area contributed by atoms with Gasteiger partial charge in [0.15, 0.2) is 0 Å². The molecule has 0 radical (unpaired) electrons. The lowest BCUT2D eigenvalue weighted by atomic mass is 10.2. The molecular formula is C19H16F2N2OS. The lowest BCUT2D eigenvalue weighted by Crippen LogP contribution is -2.27. The summed E-state index contributed by atoms with van der Waals surface area (Å²) in [7, 11) is 1.70. The van der Waals surface area contributed by atoms with Crippen molar-refractivity contribution in [2.24, 2.45) is 0 Å². The maximum Gasteiger partial charge on any atom is 0.228 e. The number of halogens is 2. The van der Waals surface area contributed by atoms with Crippen LogP contribution in [0.15, 0.2) is 53.9 Å². The highest BCUT2D eigenvalue weighted by Gasteiger charge is 2.13. The van der Waals surface area contributed by atoms with Crippen LogP contribution in [0.2, 0.25) is 0 Å². The monoisotopic (exact) mass is 358 g/mol. The van der Waals surface area contributed by atoms with Crippen molar-refractivity contribution in [2.75, 3.05) is 7.05 Å². The summed E-state index contributed by atoms with van der Waals surface area (Å²) in [6.45, 7) is 0.403. The number of thiazole rings is 1. The Balaban J connectivity index is 1.64. The van der Waals surface area contributed by atoms with Gasteiger partial charge in [-0.25, -0.2) is 13.8 Å². The zero-order valence-corrected chi connectivity index (χ0v) is 14.4. The quantitative estimate of drug-likeness (QED) is 0.682. The van der Waals surface area contributed by atoms with Gasteiger partial charge in [0.1, 0.15) is 16.6 Å². The maximum absolute atomic E-state index is 13.3.